The minimum atomic E-state index is -4.58. The number of halogens is 3. The fraction of sp³-hybridized carbons (Fsp3) is 0.611. The van der Waals surface area contributed by atoms with E-state index in [1.165, 1.54) is 19.4 Å². The first kappa shape index (κ1) is 17.9. The summed E-state index contributed by atoms with van der Waals surface area (Å²) in [5.41, 5.74) is -3.25. The van der Waals surface area contributed by atoms with Crippen LogP contribution >= 0.6 is 0 Å². The number of carbonyl (C=O) groups excluding carboxylic acids is 1. The molecule has 2 aliphatic carbocycles. The highest BCUT2D eigenvalue weighted by atomic mass is 19.4. The van der Waals surface area contributed by atoms with E-state index in [2.05, 4.69) is 4.98 Å². The molecule has 0 bridgehead atoms. The predicted molar refractivity (Wildman–Crippen MR) is 82.2 cm³/mol. The van der Waals surface area contributed by atoms with E-state index in [4.69, 9.17) is 4.74 Å². The van der Waals surface area contributed by atoms with E-state index >= 15 is 0 Å². The van der Waals surface area contributed by atoms with Gasteiger partial charge < -0.3 is 4.74 Å². The number of Topliss-reactive ketones (excluding diaryl/α,β-unsaturated/α-hetero) is 1. The molecule has 2 unspecified atom stereocenters. The van der Waals surface area contributed by atoms with Gasteiger partial charge in [-0.05, 0) is 31.4 Å². The third-order valence-electron chi connectivity index (χ3n) is 5.65. The molecule has 2 aliphatic rings. The number of ketones is 1. The Hall–Kier alpha value is -1.94. The van der Waals surface area contributed by atoms with Gasteiger partial charge in [0.1, 0.15) is 11.5 Å². The van der Waals surface area contributed by atoms with Crippen molar-refractivity contribution in [2.45, 2.75) is 50.3 Å². The molecule has 0 saturated heterocycles. The Morgan fingerprint density at radius 2 is 2.04 bits per heavy atom. The molecule has 1 heterocycles. The first-order valence-corrected chi connectivity index (χ1v) is 8.30. The second-order valence-electron chi connectivity index (χ2n) is 7.01. The van der Waals surface area contributed by atoms with Crippen molar-refractivity contribution in [3.8, 4) is 6.07 Å². The van der Waals surface area contributed by atoms with Crippen LogP contribution in [0.5, 0.6) is 0 Å². The highest BCUT2D eigenvalue weighted by Gasteiger charge is 2.58. The molecule has 0 aromatic carbocycles. The fourth-order valence-electron chi connectivity index (χ4n) is 4.51. The van der Waals surface area contributed by atoms with Gasteiger partial charge in [0.15, 0.2) is 5.78 Å². The predicted octanol–water partition coefficient (Wildman–Crippen LogP) is 4.01. The van der Waals surface area contributed by atoms with Crippen LogP contribution in [0.1, 0.15) is 49.8 Å². The molecule has 0 amide bonds. The standard InChI is InChI=1S/C18H19F3N2O2/c1-25-17(14-13(18(19,20)21)5-4-8-23-14)9-12(10-22)15(24)16(11-17)6-2-3-7-16/h4-5,8,12H,2-3,6-7,9,11H2,1H3. The summed E-state index contributed by atoms with van der Waals surface area (Å²) in [6, 6.07) is 4.19. The van der Waals surface area contributed by atoms with Gasteiger partial charge in [0, 0.05) is 25.1 Å². The van der Waals surface area contributed by atoms with Crippen molar-refractivity contribution in [2.75, 3.05) is 7.11 Å². The van der Waals surface area contributed by atoms with Crippen molar-refractivity contribution in [1.29, 1.82) is 5.26 Å². The molecule has 2 fully saturated rings. The van der Waals surface area contributed by atoms with Crippen LogP contribution in [-0.4, -0.2) is 17.9 Å². The zero-order chi connectivity index (χ0) is 18.3. The summed E-state index contributed by atoms with van der Waals surface area (Å²) in [5.74, 6) is -1.13. The van der Waals surface area contributed by atoms with E-state index in [9.17, 15) is 23.2 Å². The van der Waals surface area contributed by atoms with Crippen LogP contribution in [0.2, 0.25) is 0 Å². The summed E-state index contributed by atoms with van der Waals surface area (Å²) in [4.78, 5) is 16.8. The molecule has 1 spiro atoms. The van der Waals surface area contributed by atoms with Crippen LogP contribution in [0.4, 0.5) is 13.2 Å². The van der Waals surface area contributed by atoms with Gasteiger partial charge in [-0.2, -0.15) is 18.4 Å². The number of hydrogen-bond donors (Lipinski definition) is 0. The summed E-state index contributed by atoms with van der Waals surface area (Å²) < 4.78 is 46.1. The summed E-state index contributed by atoms with van der Waals surface area (Å²) in [6.07, 6.45) is -0.400. The lowest BCUT2D eigenvalue weighted by Gasteiger charge is -2.46. The molecular weight excluding hydrogens is 333 g/mol. The Morgan fingerprint density at radius 1 is 1.36 bits per heavy atom. The average molecular weight is 352 g/mol. The molecule has 3 rings (SSSR count). The number of carbonyl (C=O) groups is 1. The highest BCUT2D eigenvalue weighted by molar-refractivity contribution is 5.90. The second-order valence-corrected chi connectivity index (χ2v) is 7.01. The van der Waals surface area contributed by atoms with Crippen molar-refractivity contribution in [1.82, 2.24) is 4.98 Å². The van der Waals surface area contributed by atoms with Crippen LogP contribution in [0.15, 0.2) is 18.3 Å². The maximum atomic E-state index is 13.5. The van der Waals surface area contributed by atoms with E-state index in [1.807, 2.05) is 6.07 Å². The lowest BCUT2D eigenvalue weighted by Crippen LogP contribution is -2.50. The molecule has 7 heteroatoms. The summed E-state index contributed by atoms with van der Waals surface area (Å²) in [7, 11) is 1.34. The molecule has 4 nitrogen and oxygen atoms in total. The topological polar surface area (TPSA) is 63.0 Å². The first-order chi connectivity index (χ1) is 11.8. The van der Waals surface area contributed by atoms with Crippen LogP contribution < -0.4 is 0 Å². The molecule has 2 atom stereocenters. The number of nitrogens with zero attached hydrogens (tertiary/aromatic N) is 2. The molecule has 0 N–H and O–H groups in total. The van der Waals surface area contributed by atoms with Gasteiger partial charge in [-0.3, -0.25) is 9.78 Å². The third-order valence-corrected chi connectivity index (χ3v) is 5.65. The van der Waals surface area contributed by atoms with Gasteiger partial charge in [-0.25, -0.2) is 0 Å². The summed E-state index contributed by atoms with van der Waals surface area (Å²) >= 11 is 0. The van der Waals surface area contributed by atoms with Gasteiger partial charge in [0.2, 0.25) is 0 Å². The smallest absolute Gasteiger partial charge is 0.372 e. The van der Waals surface area contributed by atoms with Gasteiger partial charge in [-0.15, -0.1) is 0 Å². The van der Waals surface area contributed by atoms with E-state index in [0.717, 1.165) is 18.9 Å². The fourth-order valence-corrected chi connectivity index (χ4v) is 4.51. The Bertz CT molecular complexity index is 720. The minimum absolute atomic E-state index is 0.0966. The normalized spacial score (nSPS) is 28.9. The zero-order valence-corrected chi connectivity index (χ0v) is 13.9. The van der Waals surface area contributed by atoms with Gasteiger partial charge in [-0.1, -0.05) is 12.8 Å². The Balaban J connectivity index is 2.15. The largest absolute Gasteiger partial charge is 0.418 e. The van der Waals surface area contributed by atoms with Crippen molar-refractivity contribution in [3.05, 3.63) is 29.6 Å². The number of alkyl halides is 3. The van der Waals surface area contributed by atoms with Crippen LogP contribution in [0, 0.1) is 22.7 Å². The minimum Gasteiger partial charge on any atom is -0.372 e. The van der Waals surface area contributed by atoms with Crippen molar-refractivity contribution in [2.24, 2.45) is 11.3 Å². The quantitative estimate of drug-likeness (QED) is 0.807. The lowest BCUT2D eigenvalue weighted by atomic mass is 9.60. The number of rotatable bonds is 2. The Labute approximate surface area is 144 Å². The van der Waals surface area contributed by atoms with Crippen molar-refractivity contribution >= 4 is 5.78 Å². The van der Waals surface area contributed by atoms with Gasteiger partial charge >= 0.3 is 6.18 Å². The van der Waals surface area contributed by atoms with E-state index in [-0.39, 0.29) is 24.3 Å². The third kappa shape index (κ3) is 2.82. The number of pyridine rings is 1. The maximum Gasteiger partial charge on any atom is 0.418 e. The molecule has 0 aliphatic heterocycles. The molecule has 134 valence electrons. The van der Waals surface area contributed by atoms with Crippen LogP contribution in [0.25, 0.3) is 0 Å². The van der Waals surface area contributed by atoms with Crippen molar-refractivity contribution in [3.63, 3.8) is 0 Å². The van der Waals surface area contributed by atoms with Crippen LogP contribution in [0.3, 0.4) is 0 Å². The average Bonchev–Trinajstić information content (AvgIpc) is 3.06. The number of hydrogen-bond acceptors (Lipinski definition) is 4. The number of methoxy groups -OCH3 is 1. The molecule has 1 aromatic rings. The molecule has 25 heavy (non-hydrogen) atoms. The highest BCUT2D eigenvalue weighted by Crippen LogP contribution is 2.56. The number of nitriles is 1. The summed E-state index contributed by atoms with van der Waals surface area (Å²) in [6.45, 7) is 0. The lowest BCUT2D eigenvalue weighted by molar-refractivity contribution is -0.157. The molecule has 2 saturated carbocycles. The number of ether oxygens (including phenoxy) is 1. The van der Waals surface area contributed by atoms with Crippen LogP contribution in [-0.2, 0) is 21.3 Å². The van der Waals surface area contributed by atoms with E-state index in [0.29, 0.717) is 12.8 Å². The molecular formula is C18H19F3N2O2. The SMILES string of the molecule is COC1(c2ncccc2C(F)(F)F)CC(C#N)C(=O)C2(CCCC2)C1. The first-order valence-electron chi connectivity index (χ1n) is 8.30. The van der Waals surface area contributed by atoms with Gasteiger partial charge in [0.25, 0.3) is 0 Å². The number of aromatic nitrogens is 1. The Morgan fingerprint density at radius 3 is 2.60 bits per heavy atom. The second kappa shape index (κ2) is 6.10. The Kier molecular flexibility index (Phi) is 4.36. The van der Waals surface area contributed by atoms with Gasteiger partial charge in [0.05, 0.1) is 17.3 Å². The zero-order valence-electron chi connectivity index (χ0n) is 13.9. The molecule has 1 aromatic heterocycles. The molecule has 0 radical (unpaired) electrons. The maximum absolute atomic E-state index is 13.5. The van der Waals surface area contributed by atoms with E-state index < -0.39 is 28.7 Å². The summed E-state index contributed by atoms with van der Waals surface area (Å²) in [5, 5.41) is 9.44. The van der Waals surface area contributed by atoms with E-state index in [1.54, 1.807) is 0 Å². The van der Waals surface area contributed by atoms with Crippen molar-refractivity contribution < 1.29 is 22.7 Å². The monoisotopic (exact) mass is 352 g/mol.